The molecule has 2 fully saturated rings. The quantitative estimate of drug-likeness (QED) is 0.554. The molecule has 0 aliphatic carbocycles. The Bertz CT molecular complexity index is 548. The third kappa shape index (κ3) is 7.21. The number of carbonyl (C=O) groups excluding carboxylic acids is 2. The first-order valence-electron chi connectivity index (χ1n) is 10.4. The maximum Gasteiger partial charge on any atom is 0.244 e. The van der Waals surface area contributed by atoms with E-state index in [1.807, 2.05) is 0 Å². The fraction of sp³-hybridized carbons (Fsp3) is 0.818. The van der Waals surface area contributed by atoms with Gasteiger partial charge in [0.2, 0.25) is 11.8 Å². The molecule has 6 heteroatoms. The zero-order chi connectivity index (χ0) is 21.4. The summed E-state index contributed by atoms with van der Waals surface area (Å²) in [5, 5.41) is 13.3. The van der Waals surface area contributed by atoms with Gasteiger partial charge in [-0.3, -0.25) is 9.59 Å². The van der Waals surface area contributed by atoms with Crippen molar-refractivity contribution in [2.24, 2.45) is 0 Å². The molecule has 2 saturated heterocycles. The Hall–Kier alpha value is -1.40. The van der Waals surface area contributed by atoms with Gasteiger partial charge < -0.3 is 21.3 Å². The van der Waals surface area contributed by atoms with Crippen molar-refractivity contribution in [3.63, 3.8) is 0 Å². The Labute approximate surface area is 170 Å². The molecule has 0 radical (unpaired) electrons. The molecule has 6 nitrogen and oxygen atoms in total. The van der Waals surface area contributed by atoms with Crippen molar-refractivity contribution in [3.8, 4) is 0 Å². The van der Waals surface area contributed by atoms with E-state index in [1.54, 1.807) is 0 Å². The normalized spacial score (nSPS) is 26.7. The van der Waals surface area contributed by atoms with Gasteiger partial charge in [0.15, 0.2) is 0 Å². The van der Waals surface area contributed by atoms with Crippen LogP contribution in [0.1, 0.15) is 81.1 Å². The van der Waals surface area contributed by atoms with E-state index in [-0.39, 0.29) is 46.1 Å². The molecule has 0 aromatic rings. The zero-order valence-electron chi connectivity index (χ0n) is 19.0. The molecule has 28 heavy (non-hydrogen) atoms. The molecule has 0 unspecified atom stereocenters. The summed E-state index contributed by atoms with van der Waals surface area (Å²) in [5.41, 5.74) is -0.129. The molecule has 0 saturated carbocycles. The lowest BCUT2D eigenvalue weighted by molar-refractivity contribution is -0.120. The van der Waals surface area contributed by atoms with Gasteiger partial charge in [-0.25, -0.2) is 0 Å². The molecule has 0 atom stereocenters. The smallest absolute Gasteiger partial charge is 0.244 e. The third-order valence-electron chi connectivity index (χ3n) is 5.46. The van der Waals surface area contributed by atoms with Crippen LogP contribution in [0, 0.1) is 0 Å². The molecule has 2 amide bonds. The fourth-order valence-electron chi connectivity index (χ4n) is 5.50. The maximum atomic E-state index is 12.3. The van der Waals surface area contributed by atoms with E-state index >= 15 is 0 Å². The summed E-state index contributed by atoms with van der Waals surface area (Å²) >= 11 is 0. The summed E-state index contributed by atoms with van der Waals surface area (Å²) in [5.74, 6) is -0.417. The maximum absolute atomic E-state index is 12.3. The van der Waals surface area contributed by atoms with Crippen molar-refractivity contribution in [1.82, 2.24) is 21.3 Å². The lowest BCUT2D eigenvalue weighted by atomic mass is 9.79. The van der Waals surface area contributed by atoms with Crippen LogP contribution < -0.4 is 21.3 Å². The molecule has 160 valence electrons. The average molecular weight is 393 g/mol. The van der Waals surface area contributed by atoms with Gasteiger partial charge in [0.05, 0.1) is 0 Å². The van der Waals surface area contributed by atoms with Gasteiger partial charge in [-0.05, 0) is 81.1 Å². The van der Waals surface area contributed by atoms with Crippen molar-refractivity contribution in [1.29, 1.82) is 0 Å². The van der Waals surface area contributed by atoms with Crippen molar-refractivity contribution in [3.05, 3.63) is 12.2 Å². The highest BCUT2D eigenvalue weighted by atomic mass is 16.2. The van der Waals surface area contributed by atoms with Crippen LogP contribution in [0.2, 0.25) is 0 Å². The van der Waals surface area contributed by atoms with E-state index in [4.69, 9.17) is 0 Å². The number of carbonyl (C=O) groups is 2. The third-order valence-corrected chi connectivity index (χ3v) is 5.46. The van der Waals surface area contributed by atoms with Crippen molar-refractivity contribution < 1.29 is 9.59 Å². The number of piperidine rings is 2. The van der Waals surface area contributed by atoms with E-state index in [9.17, 15) is 9.59 Å². The highest BCUT2D eigenvalue weighted by Gasteiger charge is 2.39. The first-order valence-corrected chi connectivity index (χ1v) is 10.4. The van der Waals surface area contributed by atoms with E-state index in [1.165, 1.54) is 12.2 Å². The molecule has 2 aliphatic rings. The van der Waals surface area contributed by atoms with Gasteiger partial charge in [0, 0.05) is 46.4 Å². The second-order valence-corrected chi connectivity index (χ2v) is 11.3. The predicted molar refractivity (Wildman–Crippen MR) is 114 cm³/mol. The number of nitrogens with one attached hydrogen (secondary N) is 4. The molecule has 0 aromatic heterocycles. The van der Waals surface area contributed by atoms with Crippen LogP contribution in [0.4, 0.5) is 0 Å². The molecule has 4 N–H and O–H groups in total. The van der Waals surface area contributed by atoms with E-state index in [0.717, 1.165) is 25.7 Å². The number of hydrogen-bond acceptors (Lipinski definition) is 4. The highest BCUT2D eigenvalue weighted by Crippen LogP contribution is 2.29. The molecule has 0 aromatic carbocycles. The Morgan fingerprint density at radius 3 is 1.14 bits per heavy atom. The summed E-state index contributed by atoms with van der Waals surface area (Å²) in [6.45, 7) is 17.2. The Morgan fingerprint density at radius 1 is 0.643 bits per heavy atom. The van der Waals surface area contributed by atoms with Crippen molar-refractivity contribution in [2.75, 3.05) is 0 Å². The van der Waals surface area contributed by atoms with Crippen LogP contribution in [0.15, 0.2) is 12.2 Å². The van der Waals surface area contributed by atoms with Gasteiger partial charge >= 0.3 is 0 Å². The number of amides is 2. The Morgan fingerprint density at radius 2 is 0.893 bits per heavy atom. The van der Waals surface area contributed by atoms with Gasteiger partial charge in [-0.1, -0.05) is 0 Å². The van der Waals surface area contributed by atoms with Crippen LogP contribution in [-0.4, -0.2) is 46.1 Å². The van der Waals surface area contributed by atoms with Crippen LogP contribution in [0.5, 0.6) is 0 Å². The second kappa shape index (κ2) is 7.79. The lowest BCUT2D eigenvalue weighted by Gasteiger charge is -2.46. The van der Waals surface area contributed by atoms with Crippen molar-refractivity contribution in [2.45, 2.75) is 115 Å². The minimum Gasteiger partial charge on any atom is -0.350 e. The van der Waals surface area contributed by atoms with Crippen molar-refractivity contribution >= 4 is 11.8 Å². The highest BCUT2D eigenvalue weighted by molar-refractivity contribution is 5.96. The first-order chi connectivity index (χ1) is 12.6. The molecule has 2 rings (SSSR count). The molecular formula is C22H40N4O2. The molecule has 0 bridgehead atoms. The van der Waals surface area contributed by atoms with Gasteiger partial charge in [0.25, 0.3) is 0 Å². The van der Waals surface area contributed by atoms with Crippen LogP contribution in [0.3, 0.4) is 0 Å². The summed E-state index contributed by atoms with van der Waals surface area (Å²) in [7, 11) is 0. The lowest BCUT2D eigenvalue weighted by Crippen LogP contribution is -2.62. The largest absolute Gasteiger partial charge is 0.350 e. The summed E-state index contributed by atoms with van der Waals surface area (Å²) < 4.78 is 0. The average Bonchev–Trinajstić information content (AvgIpc) is 2.37. The van der Waals surface area contributed by atoms with E-state index in [0.29, 0.717) is 0 Å². The van der Waals surface area contributed by atoms with E-state index < -0.39 is 0 Å². The summed E-state index contributed by atoms with van der Waals surface area (Å²) in [6.07, 6.45) is 6.16. The minimum atomic E-state index is -0.209. The van der Waals surface area contributed by atoms with Gasteiger partial charge in [0.1, 0.15) is 0 Å². The fourth-order valence-corrected chi connectivity index (χ4v) is 5.50. The van der Waals surface area contributed by atoms with Crippen LogP contribution >= 0.6 is 0 Å². The topological polar surface area (TPSA) is 82.3 Å². The van der Waals surface area contributed by atoms with Gasteiger partial charge in [-0.2, -0.15) is 0 Å². The Kier molecular flexibility index (Phi) is 6.37. The second-order valence-electron chi connectivity index (χ2n) is 11.3. The summed E-state index contributed by atoms with van der Waals surface area (Å²) in [4.78, 5) is 24.7. The molecule has 2 heterocycles. The summed E-state index contributed by atoms with van der Waals surface area (Å²) in [6, 6.07) is 0.190. The standard InChI is InChI=1S/C22H40N4O2/c1-19(2)11-15(12-20(3,4)25-19)23-17(27)9-10-18(28)24-16-13-21(5,6)26-22(7,8)14-16/h9-10,15-16,25-26H,11-14H2,1-8H3,(H,23,27)(H,24,28)/b10-9-. The monoisotopic (exact) mass is 392 g/mol. The Balaban J connectivity index is 1.87. The first kappa shape index (κ1) is 22.9. The van der Waals surface area contributed by atoms with Gasteiger partial charge in [-0.15, -0.1) is 0 Å². The SMILES string of the molecule is CC1(C)CC(NC(=O)/C=C\C(=O)NC2CC(C)(C)NC(C)(C)C2)CC(C)(C)N1. The minimum absolute atomic E-state index is 0.0323. The predicted octanol–water partition coefficient (Wildman–Crippen LogP) is 2.39. The van der Waals surface area contributed by atoms with Crippen LogP contribution in [-0.2, 0) is 9.59 Å². The molecule has 2 aliphatic heterocycles. The molecular weight excluding hydrogens is 352 g/mol. The number of hydrogen-bond donors (Lipinski definition) is 4. The van der Waals surface area contributed by atoms with E-state index in [2.05, 4.69) is 76.7 Å². The van der Waals surface area contributed by atoms with Crippen LogP contribution in [0.25, 0.3) is 0 Å². The zero-order valence-corrected chi connectivity index (χ0v) is 19.0. The number of rotatable bonds is 4. The molecule has 0 spiro atoms.